The highest BCUT2D eigenvalue weighted by Gasteiger charge is 2.10. The van der Waals surface area contributed by atoms with Gasteiger partial charge in [0.05, 0.1) is 11.5 Å². The summed E-state index contributed by atoms with van der Waals surface area (Å²) in [4.78, 5) is 12.7. The van der Waals surface area contributed by atoms with E-state index in [-0.39, 0.29) is 5.78 Å². The summed E-state index contributed by atoms with van der Waals surface area (Å²) in [6.07, 6.45) is 0.427. The fourth-order valence-corrected chi connectivity index (χ4v) is 2.45. The highest BCUT2D eigenvalue weighted by atomic mass is 32.1. The summed E-state index contributed by atoms with van der Waals surface area (Å²) in [6, 6.07) is 11.5. The number of carbonyl (C=O) groups excluding carboxylic acids is 1. The van der Waals surface area contributed by atoms with E-state index in [9.17, 15) is 4.79 Å². The Kier molecular flexibility index (Phi) is 3.94. The van der Waals surface area contributed by atoms with Crippen LogP contribution in [-0.2, 0) is 0 Å². The van der Waals surface area contributed by atoms with Gasteiger partial charge in [0.15, 0.2) is 5.78 Å². The van der Waals surface area contributed by atoms with E-state index in [2.05, 4.69) is 0 Å². The molecule has 0 unspecified atom stereocenters. The van der Waals surface area contributed by atoms with Crippen LogP contribution in [0.15, 0.2) is 41.8 Å². The van der Waals surface area contributed by atoms with E-state index < -0.39 is 0 Å². The Balaban J connectivity index is 1.84. The third-order valence-electron chi connectivity index (χ3n) is 2.46. The Hall–Kier alpha value is -1.61. The molecule has 0 aliphatic carbocycles. The SMILES string of the molecule is Cc1ccsc1C(=O)CCOc1ccccc1. The molecule has 0 amide bonds. The van der Waals surface area contributed by atoms with Crippen molar-refractivity contribution in [1.82, 2.24) is 0 Å². The number of ether oxygens (including phenoxy) is 1. The number of aryl methyl sites for hydroxylation is 1. The normalized spacial score (nSPS) is 10.2. The zero-order valence-corrected chi connectivity index (χ0v) is 10.5. The van der Waals surface area contributed by atoms with E-state index in [0.717, 1.165) is 16.2 Å². The molecule has 88 valence electrons. The smallest absolute Gasteiger partial charge is 0.176 e. The van der Waals surface area contributed by atoms with E-state index in [1.807, 2.05) is 48.7 Å². The van der Waals surface area contributed by atoms with Crippen LogP contribution < -0.4 is 4.74 Å². The first-order chi connectivity index (χ1) is 8.27. The monoisotopic (exact) mass is 246 g/mol. The van der Waals surface area contributed by atoms with Crippen molar-refractivity contribution in [3.63, 3.8) is 0 Å². The summed E-state index contributed by atoms with van der Waals surface area (Å²) >= 11 is 1.50. The number of rotatable bonds is 5. The lowest BCUT2D eigenvalue weighted by Gasteiger charge is -2.04. The van der Waals surface area contributed by atoms with Crippen molar-refractivity contribution < 1.29 is 9.53 Å². The summed E-state index contributed by atoms with van der Waals surface area (Å²) in [7, 11) is 0. The number of para-hydroxylation sites is 1. The number of carbonyl (C=O) groups is 1. The molecule has 1 heterocycles. The molecule has 0 radical (unpaired) electrons. The Morgan fingerprint density at radius 2 is 2.00 bits per heavy atom. The largest absolute Gasteiger partial charge is 0.493 e. The quantitative estimate of drug-likeness (QED) is 0.752. The molecule has 2 rings (SSSR count). The second-order valence-corrected chi connectivity index (χ2v) is 4.68. The van der Waals surface area contributed by atoms with Gasteiger partial charge in [-0.3, -0.25) is 4.79 Å². The summed E-state index contributed by atoms with van der Waals surface area (Å²) in [5.74, 6) is 0.969. The van der Waals surface area contributed by atoms with Gasteiger partial charge in [-0.15, -0.1) is 11.3 Å². The number of hydrogen-bond acceptors (Lipinski definition) is 3. The van der Waals surface area contributed by atoms with Gasteiger partial charge in [-0.05, 0) is 36.1 Å². The van der Waals surface area contributed by atoms with Gasteiger partial charge in [0.1, 0.15) is 5.75 Å². The van der Waals surface area contributed by atoms with Crippen molar-refractivity contribution in [1.29, 1.82) is 0 Å². The van der Waals surface area contributed by atoms with Gasteiger partial charge in [0.25, 0.3) is 0 Å². The van der Waals surface area contributed by atoms with Crippen molar-refractivity contribution in [2.75, 3.05) is 6.61 Å². The van der Waals surface area contributed by atoms with Crippen LogP contribution in [0.25, 0.3) is 0 Å². The van der Waals surface area contributed by atoms with E-state index in [1.54, 1.807) is 0 Å². The van der Waals surface area contributed by atoms with Gasteiger partial charge in [0, 0.05) is 6.42 Å². The van der Waals surface area contributed by atoms with Crippen LogP contribution in [0.3, 0.4) is 0 Å². The molecule has 0 N–H and O–H groups in total. The third-order valence-corrected chi connectivity index (χ3v) is 3.51. The standard InChI is InChI=1S/C14H14O2S/c1-11-8-10-17-14(11)13(15)7-9-16-12-5-3-2-4-6-12/h2-6,8,10H,7,9H2,1H3. The van der Waals surface area contributed by atoms with Gasteiger partial charge < -0.3 is 4.74 Å². The molecular formula is C14H14O2S. The minimum absolute atomic E-state index is 0.161. The second kappa shape index (κ2) is 5.64. The maximum absolute atomic E-state index is 11.8. The lowest BCUT2D eigenvalue weighted by Crippen LogP contribution is -2.06. The van der Waals surface area contributed by atoms with Gasteiger partial charge in [-0.25, -0.2) is 0 Å². The molecule has 0 spiro atoms. The highest BCUT2D eigenvalue weighted by molar-refractivity contribution is 7.12. The van der Waals surface area contributed by atoms with Crippen LogP contribution >= 0.6 is 11.3 Å². The first-order valence-electron chi connectivity index (χ1n) is 5.52. The summed E-state index contributed by atoms with van der Waals surface area (Å²) in [5, 5.41) is 1.95. The van der Waals surface area contributed by atoms with Gasteiger partial charge in [0.2, 0.25) is 0 Å². The van der Waals surface area contributed by atoms with E-state index in [1.165, 1.54) is 11.3 Å². The van der Waals surface area contributed by atoms with E-state index in [4.69, 9.17) is 4.74 Å². The van der Waals surface area contributed by atoms with Crippen molar-refractivity contribution >= 4 is 17.1 Å². The lowest BCUT2D eigenvalue weighted by atomic mass is 10.2. The number of benzene rings is 1. The maximum Gasteiger partial charge on any atom is 0.176 e. The Bertz CT molecular complexity index is 488. The van der Waals surface area contributed by atoms with Crippen LogP contribution in [0.2, 0.25) is 0 Å². The molecule has 0 aliphatic rings. The fraction of sp³-hybridized carbons (Fsp3) is 0.214. The van der Waals surface area contributed by atoms with Crippen molar-refractivity contribution in [3.05, 3.63) is 52.2 Å². The number of thiophene rings is 1. The zero-order valence-electron chi connectivity index (χ0n) is 9.68. The van der Waals surface area contributed by atoms with Gasteiger partial charge in [-0.1, -0.05) is 18.2 Å². The predicted octanol–water partition coefficient (Wildman–Crippen LogP) is 3.71. The lowest BCUT2D eigenvalue weighted by molar-refractivity contribution is 0.0965. The molecule has 1 aromatic carbocycles. The molecule has 1 aromatic heterocycles. The fourth-order valence-electron chi connectivity index (χ4n) is 1.55. The molecular weight excluding hydrogens is 232 g/mol. The van der Waals surface area contributed by atoms with Crippen LogP contribution in [0.5, 0.6) is 5.75 Å². The van der Waals surface area contributed by atoms with Crippen LogP contribution in [0, 0.1) is 6.92 Å². The molecule has 0 fully saturated rings. The highest BCUT2D eigenvalue weighted by Crippen LogP contribution is 2.17. The number of Topliss-reactive ketones (excluding diaryl/α,β-unsaturated/α-hetero) is 1. The summed E-state index contributed by atoms with van der Waals surface area (Å²) in [6.45, 7) is 2.39. The summed E-state index contributed by atoms with van der Waals surface area (Å²) in [5.41, 5.74) is 1.06. The molecule has 0 saturated heterocycles. The molecule has 0 saturated carbocycles. The molecule has 2 nitrogen and oxygen atoms in total. The average Bonchev–Trinajstić information content (AvgIpc) is 2.77. The molecule has 3 heteroatoms. The first-order valence-corrected chi connectivity index (χ1v) is 6.40. The first kappa shape index (κ1) is 11.9. The van der Waals surface area contributed by atoms with E-state index in [0.29, 0.717) is 13.0 Å². The number of hydrogen-bond donors (Lipinski definition) is 0. The Labute approximate surface area is 105 Å². The molecule has 0 bridgehead atoms. The van der Waals surface area contributed by atoms with Gasteiger partial charge >= 0.3 is 0 Å². The summed E-state index contributed by atoms with van der Waals surface area (Å²) < 4.78 is 5.50. The van der Waals surface area contributed by atoms with Gasteiger partial charge in [-0.2, -0.15) is 0 Å². The predicted molar refractivity (Wildman–Crippen MR) is 69.9 cm³/mol. The van der Waals surface area contributed by atoms with Crippen molar-refractivity contribution in [2.24, 2.45) is 0 Å². The Morgan fingerprint density at radius 3 is 2.65 bits per heavy atom. The average molecular weight is 246 g/mol. The van der Waals surface area contributed by atoms with Crippen molar-refractivity contribution in [3.8, 4) is 5.75 Å². The minimum Gasteiger partial charge on any atom is -0.493 e. The number of ketones is 1. The van der Waals surface area contributed by atoms with E-state index >= 15 is 0 Å². The molecule has 0 aliphatic heterocycles. The topological polar surface area (TPSA) is 26.3 Å². The molecule has 2 aromatic rings. The third kappa shape index (κ3) is 3.17. The van der Waals surface area contributed by atoms with Crippen LogP contribution in [0.4, 0.5) is 0 Å². The molecule has 17 heavy (non-hydrogen) atoms. The van der Waals surface area contributed by atoms with Crippen molar-refractivity contribution in [2.45, 2.75) is 13.3 Å². The molecule has 0 atom stereocenters. The van der Waals surface area contributed by atoms with Crippen LogP contribution in [-0.4, -0.2) is 12.4 Å². The van der Waals surface area contributed by atoms with Crippen LogP contribution in [0.1, 0.15) is 21.7 Å². The second-order valence-electron chi connectivity index (χ2n) is 3.77. The minimum atomic E-state index is 0.161. The zero-order chi connectivity index (χ0) is 12.1. The maximum atomic E-state index is 11.8. The Morgan fingerprint density at radius 1 is 1.24 bits per heavy atom.